The Labute approximate surface area is 112 Å². The van der Waals surface area contributed by atoms with Crippen LogP contribution in [-0.4, -0.2) is 29.9 Å². The van der Waals surface area contributed by atoms with Gasteiger partial charge in [-0.25, -0.2) is 4.39 Å². The van der Waals surface area contributed by atoms with Gasteiger partial charge in [-0.3, -0.25) is 4.79 Å². The lowest BCUT2D eigenvalue weighted by molar-refractivity contribution is 0.0704. The lowest BCUT2D eigenvalue weighted by Gasteiger charge is -2.28. The predicted molar refractivity (Wildman–Crippen MR) is 72.7 cm³/mol. The van der Waals surface area contributed by atoms with Crippen molar-refractivity contribution in [3.05, 3.63) is 29.6 Å². The molecular weight excluding hydrogens is 243 g/mol. The summed E-state index contributed by atoms with van der Waals surface area (Å²) in [6.45, 7) is 3.34. The first-order valence-electron chi connectivity index (χ1n) is 7.04. The molecule has 2 fully saturated rings. The normalized spacial score (nSPS) is 24.8. The zero-order chi connectivity index (χ0) is 13.4. The van der Waals surface area contributed by atoms with E-state index in [1.54, 1.807) is 12.1 Å². The van der Waals surface area contributed by atoms with Crippen molar-refractivity contribution in [3.8, 4) is 0 Å². The van der Waals surface area contributed by atoms with Crippen molar-refractivity contribution < 1.29 is 9.18 Å². The monoisotopic (exact) mass is 262 g/mol. The molecule has 0 aromatic heterocycles. The van der Waals surface area contributed by atoms with Gasteiger partial charge in [0.2, 0.25) is 0 Å². The molecule has 2 bridgehead atoms. The molecule has 1 saturated heterocycles. The number of benzene rings is 1. The van der Waals surface area contributed by atoms with Crippen LogP contribution in [-0.2, 0) is 0 Å². The zero-order valence-corrected chi connectivity index (χ0v) is 11.2. The lowest BCUT2D eigenvalue weighted by atomic mass is 10.1. The van der Waals surface area contributed by atoms with Gasteiger partial charge in [-0.2, -0.15) is 0 Å². The minimum Gasteiger partial charge on any atom is -0.382 e. The molecule has 102 valence electrons. The number of rotatable bonds is 3. The number of nitrogens with one attached hydrogen (secondary N) is 1. The molecule has 2 unspecified atom stereocenters. The smallest absolute Gasteiger partial charge is 0.256 e. The number of likely N-dealkylation sites (tertiary alicyclic amines) is 1. The summed E-state index contributed by atoms with van der Waals surface area (Å²) in [6.07, 6.45) is 3.46. The quantitative estimate of drug-likeness (QED) is 0.908. The van der Waals surface area contributed by atoms with Crippen LogP contribution in [0.15, 0.2) is 18.2 Å². The molecule has 0 radical (unpaired) electrons. The molecule has 2 aliphatic rings. The number of carbonyl (C=O) groups is 1. The largest absolute Gasteiger partial charge is 0.382 e. The molecule has 19 heavy (non-hydrogen) atoms. The second-order valence-corrected chi connectivity index (χ2v) is 5.48. The van der Waals surface area contributed by atoms with E-state index in [1.807, 2.05) is 11.8 Å². The number of para-hydroxylation sites is 1. The third-order valence-corrected chi connectivity index (χ3v) is 4.27. The Morgan fingerprint density at radius 3 is 2.95 bits per heavy atom. The zero-order valence-electron chi connectivity index (χ0n) is 11.2. The standard InChI is InChI=1S/C15H19FN2O/c1-2-17-14-12(4-3-5-13(14)16)15(19)18-9-10-6-7-11(18)8-10/h3-5,10-11,17H,2,6-9H2,1H3. The number of piperidine rings is 1. The maximum atomic E-state index is 13.8. The summed E-state index contributed by atoms with van der Waals surface area (Å²) in [4.78, 5) is 14.5. The molecule has 2 atom stereocenters. The van der Waals surface area contributed by atoms with Crippen LogP contribution in [0.3, 0.4) is 0 Å². The van der Waals surface area contributed by atoms with Crippen LogP contribution in [0.5, 0.6) is 0 Å². The molecule has 0 spiro atoms. The molecule has 1 heterocycles. The van der Waals surface area contributed by atoms with Gasteiger partial charge in [0.1, 0.15) is 5.82 Å². The van der Waals surface area contributed by atoms with Gasteiger partial charge in [-0.05, 0) is 44.2 Å². The summed E-state index contributed by atoms with van der Waals surface area (Å²) < 4.78 is 13.8. The highest BCUT2D eigenvalue weighted by molar-refractivity contribution is 6.00. The van der Waals surface area contributed by atoms with Crippen LogP contribution in [0.2, 0.25) is 0 Å². The van der Waals surface area contributed by atoms with Gasteiger partial charge in [-0.15, -0.1) is 0 Å². The van der Waals surface area contributed by atoms with Crippen molar-refractivity contribution >= 4 is 11.6 Å². The van der Waals surface area contributed by atoms with E-state index < -0.39 is 0 Å². The minimum absolute atomic E-state index is 0.0253. The van der Waals surface area contributed by atoms with Crippen molar-refractivity contribution in [1.82, 2.24) is 4.90 Å². The van der Waals surface area contributed by atoms with Crippen molar-refractivity contribution in [2.24, 2.45) is 5.92 Å². The van der Waals surface area contributed by atoms with E-state index in [1.165, 1.54) is 12.5 Å². The summed E-state index contributed by atoms with van der Waals surface area (Å²) in [5, 5.41) is 2.97. The van der Waals surface area contributed by atoms with Crippen LogP contribution in [0, 0.1) is 11.7 Å². The van der Waals surface area contributed by atoms with Gasteiger partial charge in [0.05, 0.1) is 11.3 Å². The second kappa shape index (κ2) is 4.83. The fourth-order valence-corrected chi connectivity index (χ4v) is 3.39. The maximum Gasteiger partial charge on any atom is 0.256 e. The van der Waals surface area contributed by atoms with E-state index in [2.05, 4.69) is 5.32 Å². The fourth-order valence-electron chi connectivity index (χ4n) is 3.39. The van der Waals surface area contributed by atoms with Crippen molar-refractivity contribution in [3.63, 3.8) is 0 Å². The van der Waals surface area contributed by atoms with E-state index >= 15 is 0 Å². The van der Waals surface area contributed by atoms with E-state index in [0.717, 1.165) is 19.4 Å². The highest BCUT2D eigenvalue weighted by Gasteiger charge is 2.40. The molecule has 3 rings (SSSR count). The Morgan fingerprint density at radius 1 is 1.47 bits per heavy atom. The SMILES string of the molecule is CCNc1c(F)cccc1C(=O)N1CC2CCC1C2. The van der Waals surface area contributed by atoms with Crippen molar-refractivity contribution in [1.29, 1.82) is 0 Å². The average Bonchev–Trinajstić information content (AvgIpc) is 3.03. The third kappa shape index (κ3) is 2.09. The summed E-state index contributed by atoms with van der Waals surface area (Å²) in [5.41, 5.74) is 0.812. The molecular formula is C15H19FN2O. The number of nitrogens with zero attached hydrogens (tertiary/aromatic N) is 1. The Balaban J connectivity index is 1.89. The van der Waals surface area contributed by atoms with Crippen LogP contribution in [0.4, 0.5) is 10.1 Å². The van der Waals surface area contributed by atoms with Crippen LogP contribution < -0.4 is 5.32 Å². The summed E-state index contributed by atoms with van der Waals surface area (Å²) in [7, 11) is 0. The van der Waals surface area contributed by atoms with Crippen LogP contribution >= 0.6 is 0 Å². The number of halogens is 1. The molecule has 1 aromatic carbocycles. The topological polar surface area (TPSA) is 32.3 Å². The molecule has 1 saturated carbocycles. The lowest BCUT2D eigenvalue weighted by Crippen LogP contribution is -2.38. The average molecular weight is 262 g/mol. The number of fused-ring (bicyclic) bond motifs is 2. The maximum absolute atomic E-state index is 13.8. The number of hydrogen-bond acceptors (Lipinski definition) is 2. The number of anilines is 1. The summed E-state index contributed by atoms with van der Waals surface area (Å²) >= 11 is 0. The van der Waals surface area contributed by atoms with Gasteiger partial charge in [0.25, 0.3) is 5.91 Å². The first kappa shape index (κ1) is 12.5. The van der Waals surface area contributed by atoms with Crippen LogP contribution in [0.25, 0.3) is 0 Å². The Kier molecular flexibility index (Phi) is 3.17. The molecule has 1 amide bonds. The van der Waals surface area contributed by atoms with Crippen LogP contribution in [0.1, 0.15) is 36.5 Å². The molecule has 1 aliphatic carbocycles. The van der Waals surface area contributed by atoms with Gasteiger partial charge in [-0.1, -0.05) is 6.07 Å². The highest BCUT2D eigenvalue weighted by Crippen LogP contribution is 2.38. The van der Waals surface area contributed by atoms with E-state index in [0.29, 0.717) is 29.8 Å². The van der Waals surface area contributed by atoms with Gasteiger partial charge in [0, 0.05) is 19.1 Å². The summed E-state index contributed by atoms with van der Waals surface area (Å²) in [5.74, 6) is 0.282. The Hall–Kier alpha value is -1.58. The van der Waals surface area contributed by atoms with E-state index in [9.17, 15) is 9.18 Å². The van der Waals surface area contributed by atoms with Gasteiger partial charge < -0.3 is 10.2 Å². The fraction of sp³-hybridized carbons (Fsp3) is 0.533. The van der Waals surface area contributed by atoms with Crippen molar-refractivity contribution in [2.75, 3.05) is 18.4 Å². The second-order valence-electron chi connectivity index (χ2n) is 5.48. The predicted octanol–water partition coefficient (Wildman–Crippen LogP) is 2.88. The van der Waals surface area contributed by atoms with Gasteiger partial charge >= 0.3 is 0 Å². The molecule has 1 aromatic rings. The Morgan fingerprint density at radius 2 is 2.32 bits per heavy atom. The third-order valence-electron chi connectivity index (χ3n) is 4.27. The highest BCUT2D eigenvalue weighted by atomic mass is 19.1. The first-order valence-corrected chi connectivity index (χ1v) is 7.04. The molecule has 3 nitrogen and oxygen atoms in total. The minimum atomic E-state index is -0.350. The van der Waals surface area contributed by atoms with Crippen molar-refractivity contribution in [2.45, 2.75) is 32.2 Å². The summed E-state index contributed by atoms with van der Waals surface area (Å²) in [6, 6.07) is 5.09. The van der Waals surface area contributed by atoms with E-state index in [-0.39, 0.29) is 11.7 Å². The molecule has 1 aliphatic heterocycles. The number of carbonyl (C=O) groups excluding carboxylic acids is 1. The number of amides is 1. The molecule has 1 N–H and O–H groups in total. The van der Waals surface area contributed by atoms with E-state index in [4.69, 9.17) is 0 Å². The Bertz CT molecular complexity index is 503. The number of hydrogen-bond donors (Lipinski definition) is 1. The molecule has 4 heteroatoms. The van der Waals surface area contributed by atoms with Gasteiger partial charge in [0.15, 0.2) is 0 Å². The first-order chi connectivity index (χ1) is 9.20.